The van der Waals surface area contributed by atoms with Gasteiger partial charge < -0.3 is 9.64 Å². The summed E-state index contributed by atoms with van der Waals surface area (Å²) in [5, 5.41) is 1.94. The molecular formula is C19H23N3O4S2. The number of benzene rings is 1. The molecule has 0 radical (unpaired) electrons. The lowest BCUT2D eigenvalue weighted by Gasteiger charge is -2.37. The van der Waals surface area contributed by atoms with Crippen LogP contribution < -0.4 is 4.74 Å². The molecule has 2 aliphatic heterocycles. The fourth-order valence-electron chi connectivity index (χ4n) is 3.70. The second kappa shape index (κ2) is 8.18. The van der Waals surface area contributed by atoms with Crippen LogP contribution in [0.4, 0.5) is 0 Å². The third kappa shape index (κ3) is 4.53. The predicted molar refractivity (Wildman–Crippen MR) is 107 cm³/mol. The maximum Gasteiger partial charge on any atom is 0.253 e. The van der Waals surface area contributed by atoms with E-state index in [0.717, 1.165) is 18.8 Å². The Morgan fingerprint density at radius 1 is 1.18 bits per heavy atom. The molecule has 0 N–H and O–H groups in total. The largest absolute Gasteiger partial charge is 0.487 e. The molecule has 1 atom stereocenters. The van der Waals surface area contributed by atoms with Crippen LogP contribution in [0.2, 0.25) is 0 Å². The minimum Gasteiger partial charge on any atom is -0.487 e. The van der Waals surface area contributed by atoms with Crippen LogP contribution in [-0.4, -0.2) is 72.8 Å². The molecule has 2 aliphatic rings. The second-order valence-corrected chi connectivity index (χ2v) is 10.1. The summed E-state index contributed by atoms with van der Waals surface area (Å²) in [6.07, 6.45) is 0.707. The predicted octanol–water partition coefficient (Wildman–Crippen LogP) is 1.67. The van der Waals surface area contributed by atoms with Crippen LogP contribution in [-0.2, 0) is 16.4 Å². The monoisotopic (exact) mass is 421 g/mol. The number of carbonyl (C=O) groups is 1. The van der Waals surface area contributed by atoms with Crippen molar-refractivity contribution in [2.75, 3.05) is 37.7 Å². The minimum atomic E-state index is -2.88. The van der Waals surface area contributed by atoms with Crippen LogP contribution >= 0.6 is 11.3 Å². The maximum absolute atomic E-state index is 12.7. The number of thiazole rings is 1. The van der Waals surface area contributed by atoms with E-state index < -0.39 is 9.84 Å². The van der Waals surface area contributed by atoms with E-state index in [9.17, 15) is 13.2 Å². The Kier molecular flexibility index (Phi) is 5.65. The molecule has 1 aromatic heterocycles. The average Bonchev–Trinajstić information content (AvgIpc) is 3.36. The highest BCUT2D eigenvalue weighted by atomic mass is 32.2. The van der Waals surface area contributed by atoms with Crippen LogP contribution in [0.15, 0.2) is 35.2 Å². The summed E-state index contributed by atoms with van der Waals surface area (Å²) in [6, 6.07) is 7.29. The summed E-state index contributed by atoms with van der Waals surface area (Å²) in [5.74, 6) is 1.25. The molecule has 1 amide bonds. The number of piperazine rings is 1. The number of amides is 1. The number of ether oxygens (including phenoxy) is 1. The second-order valence-electron chi connectivity index (χ2n) is 7.18. The van der Waals surface area contributed by atoms with E-state index in [-0.39, 0.29) is 23.5 Å². The van der Waals surface area contributed by atoms with Gasteiger partial charge in [-0.25, -0.2) is 13.4 Å². The summed E-state index contributed by atoms with van der Waals surface area (Å²) >= 11 is 1.53. The van der Waals surface area contributed by atoms with Crippen LogP contribution in [0.25, 0.3) is 0 Å². The van der Waals surface area contributed by atoms with E-state index in [1.54, 1.807) is 29.8 Å². The van der Waals surface area contributed by atoms with Crippen LogP contribution in [0, 0.1) is 0 Å². The summed E-state index contributed by atoms with van der Waals surface area (Å²) in [5.41, 5.74) is 3.29. The van der Waals surface area contributed by atoms with Crippen LogP contribution in [0.5, 0.6) is 5.75 Å². The molecule has 0 unspecified atom stereocenters. The third-order valence-electron chi connectivity index (χ3n) is 5.30. The lowest BCUT2D eigenvalue weighted by molar-refractivity contribution is 0.0588. The molecule has 150 valence electrons. The first-order valence-electron chi connectivity index (χ1n) is 9.34. The number of sulfone groups is 1. The number of rotatable bonds is 5. The quantitative estimate of drug-likeness (QED) is 0.731. The van der Waals surface area contributed by atoms with E-state index in [4.69, 9.17) is 4.74 Å². The molecule has 2 aromatic rings. The fourth-order valence-corrected chi connectivity index (χ4v) is 6.00. The Morgan fingerprint density at radius 2 is 1.93 bits per heavy atom. The maximum atomic E-state index is 12.7. The van der Waals surface area contributed by atoms with E-state index in [1.807, 2.05) is 10.3 Å². The Bertz CT molecular complexity index is 905. The summed E-state index contributed by atoms with van der Waals surface area (Å²) in [4.78, 5) is 21.0. The summed E-state index contributed by atoms with van der Waals surface area (Å²) in [6.45, 7) is 3.10. The summed E-state index contributed by atoms with van der Waals surface area (Å²) in [7, 11) is -2.88. The van der Waals surface area contributed by atoms with Crippen molar-refractivity contribution in [3.05, 3.63) is 46.4 Å². The van der Waals surface area contributed by atoms with Gasteiger partial charge >= 0.3 is 0 Å². The number of carbonyl (C=O) groups excluding carboxylic acids is 1. The van der Waals surface area contributed by atoms with E-state index >= 15 is 0 Å². The topological polar surface area (TPSA) is 79.8 Å². The zero-order chi connectivity index (χ0) is 19.6. The number of hydrogen-bond donors (Lipinski definition) is 0. The van der Waals surface area contributed by atoms with Crippen molar-refractivity contribution in [1.82, 2.24) is 14.8 Å². The van der Waals surface area contributed by atoms with Gasteiger partial charge in [-0.1, -0.05) is 0 Å². The Hall–Kier alpha value is -1.97. The molecule has 0 spiro atoms. The van der Waals surface area contributed by atoms with Gasteiger partial charge in [-0.3, -0.25) is 9.69 Å². The van der Waals surface area contributed by atoms with E-state index in [2.05, 4.69) is 9.88 Å². The van der Waals surface area contributed by atoms with Crippen molar-refractivity contribution >= 4 is 27.1 Å². The van der Waals surface area contributed by atoms with Gasteiger partial charge in [-0.05, 0) is 30.7 Å². The Balaban J connectivity index is 1.29. The zero-order valence-electron chi connectivity index (χ0n) is 15.5. The van der Waals surface area contributed by atoms with Gasteiger partial charge in [0.25, 0.3) is 5.91 Å². The van der Waals surface area contributed by atoms with Crippen molar-refractivity contribution in [3.63, 3.8) is 0 Å². The minimum absolute atomic E-state index is 0.00439. The van der Waals surface area contributed by atoms with E-state index in [1.165, 1.54) is 11.3 Å². The first-order valence-corrected chi connectivity index (χ1v) is 12.1. The van der Waals surface area contributed by atoms with Crippen molar-refractivity contribution in [2.24, 2.45) is 0 Å². The molecular weight excluding hydrogens is 398 g/mol. The molecule has 9 heteroatoms. The standard InChI is InChI=1S/C19H23N3O4S2/c23-19(15-1-3-18(4-2-15)26-11-16-12-27-14-20-16)22-8-6-21(7-9-22)17-5-10-28(24,25)13-17/h1-4,12,14,17H,5-11,13H2/t17-/m1/s1. The molecule has 0 aliphatic carbocycles. The fraction of sp³-hybridized carbons (Fsp3) is 0.474. The number of hydrogen-bond acceptors (Lipinski definition) is 7. The van der Waals surface area contributed by atoms with Gasteiger partial charge in [0.2, 0.25) is 0 Å². The normalized spacial score (nSPS) is 22.3. The third-order valence-corrected chi connectivity index (χ3v) is 7.68. The number of nitrogens with zero attached hydrogens (tertiary/aromatic N) is 3. The highest BCUT2D eigenvalue weighted by Crippen LogP contribution is 2.21. The van der Waals surface area contributed by atoms with Crippen LogP contribution in [0.3, 0.4) is 0 Å². The molecule has 0 saturated carbocycles. The van der Waals surface area contributed by atoms with Gasteiger partial charge in [0.05, 0.1) is 22.7 Å². The average molecular weight is 422 g/mol. The molecule has 1 aromatic carbocycles. The van der Waals surface area contributed by atoms with Crippen molar-refractivity contribution in [1.29, 1.82) is 0 Å². The Morgan fingerprint density at radius 3 is 2.54 bits per heavy atom. The van der Waals surface area contributed by atoms with Gasteiger partial charge in [-0.15, -0.1) is 11.3 Å². The molecule has 7 nitrogen and oxygen atoms in total. The van der Waals surface area contributed by atoms with E-state index in [0.29, 0.717) is 37.4 Å². The van der Waals surface area contributed by atoms with Crippen molar-refractivity contribution in [3.8, 4) is 5.75 Å². The molecule has 0 bridgehead atoms. The molecule has 2 saturated heterocycles. The van der Waals surface area contributed by atoms with Gasteiger partial charge in [0, 0.05) is 43.2 Å². The molecule has 3 heterocycles. The molecule has 2 fully saturated rings. The SMILES string of the molecule is O=C(c1ccc(OCc2cscn2)cc1)N1CCN([C@@H]2CCS(=O)(=O)C2)CC1. The highest BCUT2D eigenvalue weighted by Gasteiger charge is 2.34. The van der Waals surface area contributed by atoms with Crippen molar-refractivity contribution < 1.29 is 17.9 Å². The lowest BCUT2D eigenvalue weighted by atomic mass is 10.1. The smallest absolute Gasteiger partial charge is 0.253 e. The first kappa shape index (κ1) is 19.4. The zero-order valence-corrected chi connectivity index (χ0v) is 17.1. The van der Waals surface area contributed by atoms with Gasteiger partial charge in [0.1, 0.15) is 12.4 Å². The van der Waals surface area contributed by atoms with Gasteiger partial charge in [-0.2, -0.15) is 0 Å². The Labute approximate surface area is 168 Å². The first-order chi connectivity index (χ1) is 13.5. The van der Waals surface area contributed by atoms with Crippen LogP contribution in [0.1, 0.15) is 22.5 Å². The van der Waals surface area contributed by atoms with Crippen molar-refractivity contribution in [2.45, 2.75) is 19.1 Å². The van der Waals surface area contributed by atoms with Gasteiger partial charge in [0.15, 0.2) is 9.84 Å². The molecule has 4 rings (SSSR count). The lowest BCUT2D eigenvalue weighted by Crippen LogP contribution is -2.52. The number of aromatic nitrogens is 1. The summed E-state index contributed by atoms with van der Waals surface area (Å²) < 4.78 is 29.0. The highest BCUT2D eigenvalue weighted by molar-refractivity contribution is 7.91. The molecule has 28 heavy (non-hydrogen) atoms.